The molecule has 0 radical (unpaired) electrons. The second-order valence-electron chi connectivity index (χ2n) is 2.65. The minimum Gasteiger partial charge on any atom is -0.405 e. The fraction of sp³-hybridized carbons (Fsp3) is 0.222. The summed E-state index contributed by atoms with van der Waals surface area (Å²) < 4.78 is 39.8. The summed E-state index contributed by atoms with van der Waals surface area (Å²) in [5, 5.41) is 8.39. The highest BCUT2D eigenvalue weighted by Crippen LogP contribution is 2.31. The van der Waals surface area contributed by atoms with E-state index in [0.29, 0.717) is 5.56 Å². The fourth-order valence-corrected chi connectivity index (χ4v) is 1.28. The van der Waals surface area contributed by atoms with Crippen LogP contribution in [0.3, 0.4) is 0 Å². The van der Waals surface area contributed by atoms with Crippen LogP contribution in [-0.4, -0.2) is 6.36 Å². The first kappa shape index (κ1) is 11.9. The minimum atomic E-state index is -4.73. The van der Waals surface area contributed by atoms with Gasteiger partial charge in [0.15, 0.2) is 0 Å². The Morgan fingerprint density at radius 2 is 2.07 bits per heavy atom. The van der Waals surface area contributed by atoms with E-state index in [9.17, 15) is 13.2 Å². The molecule has 0 aliphatic carbocycles. The van der Waals surface area contributed by atoms with E-state index in [-0.39, 0.29) is 16.6 Å². The zero-order valence-electron chi connectivity index (χ0n) is 7.31. The molecule has 0 atom stereocenters. The molecular weight excluding hydrogens is 275 g/mol. The van der Waals surface area contributed by atoms with E-state index in [2.05, 4.69) is 20.7 Å². The maximum Gasteiger partial charge on any atom is 0.573 e. The Morgan fingerprint density at radius 1 is 1.40 bits per heavy atom. The Morgan fingerprint density at radius 3 is 2.60 bits per heavy atom. The third-order valence-corrected chi connectivity index (χ3v) is 2.16. The molecule has 6 heteroatoms. The van der Waals surface area contributed by atoms with E-state index in [1.54, 1.807) is 6.07 Å². The van der Waals surface area contributed by atoms with E-state index in [1.807, 2.05) is 6.07 Å². The second-order valence-corrected chi connectivity index (χ2v) is 3.50. The molecule has 0 fully saturated rings. The molecule has 0 spiro atoms. The van der Waals surface area contributed by atoms with Crippen LogP contribution >= 0.6 is 15.9 Å². The lowest BCUT2D eigenvalue weighted by Gasteiger charge is -2.11. The number of alkyl halides is 3. The van der Waals surface area contributed by atoms with Gasteiger partial charge in [0, 0.05) is 0 Å². The van der Waals surface area contributed by atoms with Crippen LogP contribution in [-0.2, 0) is 6.42 Å². The normalized spacial score (nSPS) is 10.9. The summed E-state index contributed by atoms with van der Waals surface area (Å²) in [7, 11) is 0. The third kappa shape index (κ3) is 3.80. The average Bonchev–Trinajstić information content (AvgIpc) is 2.09. The van der Waals surface area contributed by atoms with Crippen molar-refractivity contribution in [2.24, 2.45) is 0 Å². The van der Waals surface area contributed by atoms with Crippen molar-refractivity contribution < 1.29 is 17.9 Å². The highest BCUT2D eigenvalue weighted by Gasteiger charge is 2.31. The van der Waals surface area contributed by atoms with Gasteiger partial charge in [-0.15, -0.1) is 13.2 Å². The highest BCUT2D eigenvalue weighted by molar-refractivity contribution is 9.10. The van der Waals surface area contributed by atoms with Gasteiger partial charge in [0.1, 0.15) is 5.75 Å². The molecule has 1 rings (SSSR count). The molecule has 0 aliphatic heterocycles. The molecule has 0 saturated carbocycles. The molecule has 0 amide bonds. The van der Waals surface area contributed by atoms with Gasteiger partial charge in [0.2, 0.25) is 0 Å². The van der Waals surface area contributed by atoms with Crippen LogP contribution < -0.4 is 4.74 Å². The summed E-state index contributed by atoms with van der Waals surface area (Å²) in [4.78, 5) is 0. The highest BCUT2D eigenvalue weighted by atomic mass is 79.9. The Kier molecular flexibility index (Phi) is 3.58. The van der Waals surface area contributed by atoms with Crippen molar-refractivity contribution >= 4 is 15.9 Å². The molecule has 0 saturated heterocycles. The number of halogens is 4. The topological polar surface area (TPSA) is 33.0 Å². The van der Waals surface area contributed by atoms with Crippen LogP contribution in [0.5, 0.6) is 5.75 Å². The zero-order chi connectivity index (χ0) is 11.5. The van der Waals surface area contributed by atoms with Crippen LogP contribution in [0.4, 0.5) is 13.2 Å². The lowest BCUT2D eigenvalue weighted by Crippen LogP contribution is -2.17. The van der Waals surface area contributed by atoms with Crippen LogP contribution in [0.15, 0.2) is 22.7 Å². The lowest BCUT2D eigenvalue weighted by molar-refractivity contribution is -0.274. The molecule has 0 aromatic heterocycles. The monoisotopic (exact) mass is 279 g/mol. The van der Waals surface area contributed by atoms with Crippen molar-refractivity contribution in [1.29, 1.82) is 5.26 Å². The molecule has 2 nitrogen and oxygen atoms in total. The van der Waals surface area contributed by atoms with Gasteiger partial charge in [-0.25, -0.2) is 0 Å². The summed E-state index contributed by atoms with van der Waals surface area (Å²) in [6, 6.07) is 5.99. The summed E-state index contributed by atoms with van der Waals surface area (Å²) >= 11 is 2.93. The number of benzene rings is 1. The summed E-state index contributed by atoms with van der Waals surface area (Å²) in [6.45, 7) is 0. The Hall–Kier alpha value is -1.22. The van der Waals surface area contributed by atoms with E-state index in [1.165, 1.54) is 12.1 Å². The molecule has 1 aromatic rings. The quantitative estimate of drug-likeness (QED) is 0.831. The van der Waals surface area contributed by atoms with E-state index in [0.717, 1.165) is 0 Å². The smallest absolute Gasteiger partial charge is 0.405 e. The minimum absolute atomic E-state index is 0.0432. The maximum absolute atomic E-state index is 11.9. The molecule has 15 heavy (non-hydrogen) atoms. The van der Waals surface area contributed by atoms with Gasteiger partial charge >= 0.3 is 6.36 Å². The summed E-state index contributed by atoms with van der Waals surface area (Å²) in [6.07, 6.45) is -4.69. The van der Waals surface area contributed by atoms with Gasteiger partial charge in [-0.1, -0.05) is 6.07 Å². The number of rotatable bonds is 2. The van der Waals surface area contributed by atoms with E-state index >= 15 is 0 Å². The molecule has 0 heterocycles. The van der Waals surface area contributed by atoms with Crippen molar-refractivity contribution in [3.05, 3.63) is 28.2 Å². The van der Waals surface area contributed by atoms with Gasteiger partial charge in [-0.2, -0.15) is 5.26 Å². The van der Waals surface area contributed by atoms with Crippen molar-refractivity contribution in [1.82, 2.24) is 0 Å². The van der Waals surface area contributed by atoms with Crippen LogP contribution in [0.2, 0.25) is 0 Å². The Bertz CT molecular complexity index is 397. The Balaban J connectivity index is 2.96. The first-order valence-corrected chi connectivity index (χ1v) is 4.63. The van der Waals surface area contributed by atoms with Crippen molar-refractivity contribution in [2.75, 3.05) is 0 Å². The zero-order valence-corrected chi connectivity index (χ0v) is 8.89. The molecular formula is C9H5BrF3NO. The number of ether oxygens (including phenoxy) is 1. The SMILES string of the molecule is N#CCc1ccc(Br)c(OC(F)(F)F)c1. The van der Waals surface area contributed by atoms with Gasteiger partial charge in [0.25, 0.3) is 0 Å². The van der Waals surface area contributed by atoms with E-state index in [4.69, 9.17) is 5.26 Å². The number of nitrogens with zero attached hydrogens (tertiary/aromatic N) is 1. The predicted molar refractivity (Wildman–Crippen MR) is 50.1 cm³/mol. The first-order valence-electron chi connectivity index (χ1n) is 3.83. The van der Waals surface area contributed by atoms with Gasteiger partial charge in [0.05, 0.1) is 17.0 Å². The molecule has 80 valence electrons. The lowest BCUT2D eigenvalue weighted by atomic mass is 10.1. The first-order chi connectivity index (χ1) is 6.92. The second kappa shape index (κ2) is 4.53. The predicted octanol–water partition coefficient (Wildman–Crippen LogP) is 3.41. The van der Waals surface area contributed by atoms with Crippen LogP contribution in [0.25, 0.3) is 0 Å². The van der Waals surface area contributed by atoms with Crippen LogP contribution in [0, 0.1) is 11.3 Å². The molecule has 0 unspecified atom stereocenters. The average molecular weight is 280 g/mol. The molecule has 0 aliphatic rings. The van der Waals surface area contributed by atoms with Gasteiger partial charge in [-0.05, 0) is 33.6 Å². The summed E-state index contributed by atoms with van der Waals surface area (Å²) in [5.74, 6) is -0.338. The van der Waals surface area contributed by atoms with Gasteiger partial charge < -0.3 is 4.74 Å². The number of hydrogen-bond acceptors (Lipinski definition) is 2. The van der Waals surface area contributed by atoms with Crippen molar-refractivity contribution in [3.63, 3.8) is 0 Å². The van der Waals surface area contributed by atoms with E-state index < -0.39 is 6.36 Å². The van der Waals surface area contributed by atoms with Gasteiger partial charge in [-0.3, -0.25) is 0 Å². The largest absolute Gasteiger partial charge is 0.573 e. The van der Waals surface area contributed by atoms with Crippen LogP contribution in [0.1, 0.15) is 5.56 Å². The maximum atomic E-state index is 11.9. The molecule has 0 N–H and O–H groups in total. The molecule has 1 aromatic carbocycles. The van der Waals surface area contributed by atoms with Crippen molar-refractivity contribution in [2.45, 2.75) is 12.8 Å². The fourth-order valence-electron chi connectivity index (χ4n) is 0.952. The Labute approximate surface area is 92.4 Å². The number of hydrogen-bond donors (Lipinski definition) is 0. The summed E-state index contributed by atoms with van der Waals surface area (Å²) in [5.41, 5.74) is 0.472. The third-order valence-electron chi connectivity index (χ3n) is 1.50. The standard InChI is InChI=1S/C9H5BrF3NO/c10-7-2-1-6(3-4-14)5-8(7)15-9(11,12)13/h1-2,5H,3H2. The van der Waals surface area contributed by atoms with Crippen molar-refractivity contribution in [3.8, 4) is 11.8 Å². The number of nitriles is 1. The molecule has 0 bridgehead atoms.